The van der Waals surface area contributed by atoms with Crippen LogP contribution in [0.25, 0.3) is 0 Å². The lowest BCUT2D eigenvalue weighted by atomic mass is 9.86. The van der Waals surface area contributed by atoms with E-state index >= 15 is 0 Å². The molecule has 0 N–H and O–H groups in total. The predicted molar refractivity (Wildman–Crippen MR) is 76.4 cm³/mol. The Bertz CT molecular complexity index is 277. The van der Waals surface area contributed by atoms with E-state index in [4.69, 9.17) is 0 Å². The summed E-state index contributed by atoms with van der Waals surface area (Å²) < 4.78 is 0. The lowest BCUT2D eigenvalue weighted by Crippen LogP contribution is -2.21. The summed E-state index contributed by atoms with van der Waals surface area (Å²) in [5.74, 6) is 0.697. The van der Waals surface area contributed by atoms with E-state index in [1.54, 1.807) is 13.8 Å². The number of carbonyl (C=O) groups is 2. The van der Waals surface area contributed by atoms with Crippen molar-refractivity contribution in [1.82, 2.24) is 0 Å². The normalized spacial score (nSPS) is 26.5. The SMILES string of the molecule is CC(=O)S[C@H]1CCC[C@@H](C[C@H](C)SC(C)=O)C1. The van der Waals surface area contributed by atoms with Crippen LogP contribution in [0.4, 0.5) is 0 Å². The highest BCUT2D eigenvalue weighted by molar-refractivity contribution is 8.14. The van der Waals surface area contributed by atoms with E-state index in [2.05, 4.69) is 6.92 Å². The van der Waals surface area contributed by atoms with Gasteiger partial charge in [0.15, 0.2) is 10.2 Å². The average molecular weight is 274 g/mol. The topological polar surface area (TPSA) is 34.1 Å². The van der Waals surface area contributed by atoms with Crippen LogP contribution in [0.2, 0.25) is 0 Å². The van der Waals surface area contributed by atoms with Gasteiger partial charge in [-0.3, -0.25) is 9.59 Å². The smallest absolute Gasteiger partial charge is 0.186 e. The lowest BCUT2D eigenvalue weighted by Gasteiger charge is -2.29. The van der Waals surface area contributed by atoms with E-state index in [-0.39, 0.29) is 10.2 Å². The first-order chi connectivity index (χ1) is 7.97. The highest BCUT2D eigenvalue weighted by atomic mass is 32.2. The molecule has 1 fully saturated rings. The molecule has 0 bridgehead atoms. The monoisotopic (exact) mass is 274 g/mol. The Morgan fingerprint density at radius 1 is 1.24 bits per heavy atom. The van der Waals surface area contributed by atoms with Gasteiger partial charge in [0.2, 0.25) is 0 Å². The quantitative estimate of drug-likeness (QED) is 0.779. The summed E-state index contributed by atoms with van der Waals surface area (Å²) in [5, 5.41) is 1.38. The van der Waals surface area contributed by atoms with Crippen molar-refractivity contribution >= 4 is 33.8 Å². The second-order valence-corrected chi connectivity index (χ2v) is 8.01. The molecule has 1 aliphatic carbocycles. The molecular weight excluding hydrogens is 252 g/mol. The molecule has 4 heteroatoms. The minimum absolute atomic E-state index is 0.211. The fraction of sp³-hybridized carbons (Fsp3) is 0.846. The Labute approximate surface area is 113 Å². The molecule has 0 heterocycles. The minimum Gasteiger partial charge on any atom is -0.288 e. The summed E-state index contributed by atoms with van der Waals surface area (Å²) in [5.41, 5.74) is 0. The second-order valence-electron chi connectivity index (χ2n) is 4.92. The van der Waals surface area contributed by atoms with Gasteiger partial charge in [0, 0.05) is 24.3 Å². The second kappa shape index (κ2) is 7.47. The summed E-state index contributed by atoms with van der Waals surface area (Å²) in [6, 6.07) is 0. The van der Waals surface area contributed by atoms with Gasteiger partial charge in [-0.1, -0.05) is 43.3 Å². The summed E-state index contributed by atoms with van der Waals surface area (Å²) in [6.07, 6.45) is 5.92. The van der Waals surface area contributed by atoms with Crippen molar-refractivity contribution in [3.05, 3.63) is 0 Å². The van der Waals surface area contributed by atoms with Crippen molar-refractivity contribution in [3.63, 3.8) is 0 Å². The molecule has 0 spiro atoms. The van der Waals surface area contributed by atoms with Gasteiger partial charge >= 0.3 is 0 Å². The first kappa shape index (κ1) is 15.1. The van der Waals surface area contributed by atoms with Crippen molar-refractivity contribution in [2.24, 2.45) is 5.92 Å². The molecule has 0 aromatic heterocycles. The molecule has 0 aromatic rings. The van der Waals surface area contributed by atoms with Crippen LogP contribution in [0.3, 0.4) is 0 Å². The number of hydrogen-bond donors (Lipinski definition) is 0. The van der Waals surface area contributed by atoms with Crippen LogP contribution in [0, 0.1) is 5.92 Å². The first-order valence-corrected chi connectivity index (χ1v) is 8.07. The van der Waals surface area contributed by atoms with Crippen molar-refractivity contribution < 1.29 is 9.59 Å². The molecule has 1 aliphatic rings. The zero-order chi connectivity index (χ0) is 12.8. The Morgan fingerprint density at radius 3 is 2.53 bits per heavy atom. The molecule has 3 atom stereocenters. The van der Waals surface area contributed by atoms with E-state index < -0.39 is 0 Å². The lowest BCUT2D eigenvalue weighted by molar-refractivity contribution is -0.110. The summed E-state index contributed by atoms with van der Waals surface area (Å²) in [7, 11) is 0. The van der Waals surface area contributed by atoms with E-state index in [1.807, 2.05) is 0 Å². The van der Waals surface area contributed by atoms with E-state index in [0.29, 0.717) is 16.4 Å². The Morgan fingerprint density at radius 2 is 1.94 bits per heavy atom. The number of rotatable bonds is 4. The third-order valence-corrected chi connectivity index (χ3v) is 5.12. The van der Waals surface area contributed by atoms with Crippen LogP contribution in [0.5, 0.6) is 0 Å². The molecule has 0 aliphatic heterocycles. The van der Waals surface area contributed by atoms with E-state index in [9.17, 15) is 9.59 Å². The largest absolute Gasteiger partial charge is 0.288 e. The van der Waals surface area contributed by atoms with Crippen molar-refractivity contribution in [2.75, 3.05) is 0 Å². The maximum absolute atomic E-state index is 11.1. The molecule has 17 heavy (non-hydrogen) atoms. The van der Waals surface area contributed by atoms with Gasteiger partial charge in [-0.25, -0.2) is 0 Å². The number of hydrogen-bond acceptors (Lipinski definition) is 4. The van der Waals surface area contributed by atoms with Crippen LogP contribution >= 0.6 is 23.5 Å². The fourth-order valence-corrected chi connectivity index (χ4v) is 4.66. The Balaban J connectivity index is 2.33. The van der Waals surface area contributed by atoms with Crippen LogP contribution in [-0.2, 0) is 9.59 Å². The predicted octanol–water partition coefficient (Wildman–Crippen LogP) is 3.88. The summed E-state index contributed by atoms with van der Waals surface area (Å²) >= 11 is 2.96. The third-order valence-electron chi connectivity index (χ3n) is 3.10. The summed E-state index contributed by atoms with van der Waals surface area (Å²) in [6.45, 7) is 5.42. The van der Waals surface area contributed by atoms with Gasteiger partial charge in [0.05, 0.1) is 0 Å². The van der Waals surface area contributed by atoms with Gasteiger partial charge in [-0.15, -0.1) is 0 Å². The number of thioether (sulfide) groups is 2. The molecule has 1 rings (SSSR count). The van der Waals surface area contributed by atoms with Crippen molar-refractivity contribution in [3.8, 4) is 0 Å². The molecule has 0 radical (unpaired) electrons. The summed E-state index contributed by atoms with van der Waals surface area (Å²) in [4.78, 5) is 22.1. The van der Waals surface area contributed by atoms with Gasteiger partial charge in [-0.05, 0) is 25.2 Å². The number of carbonyl (C=O) groups excluding carboxylic acids is 2. The van der Waals surface area contributed by atoms with E-state index in [1.165, 1.54) is 42.8 Å². The van der Waals surface area contributed by atoms with Crippen LogP contribution < -0.4 is 0 Å². The van der Waals surface area contributed by atoms with Gasteiger partial charge < -0.3 is 0 Å². The molecule has 1 saturated carbocycles. The van der Waals surface area contributed by atoms with Gasteiger partial charge in [-0.2, -0.15) is 0 Å². The zero-order valence-electron chi connectivity index (χ0n) is 10.9. The molecule has 2 nitrogen and oxygen atoms in total. The fourth-order valence-electron chi connectivity index (χ4n) is 2.60. The minimum atomic E-state index is 0.211. The van der Waals surface area contributed by atoms with Crippen molar-refractivity contribution in [1.29, 1.82) is 0 Å². The first-order valence-electron chi connectivity index (χ1n) is 6.31. The average Bonchev–Trinajstić information content (AvgIpc) is 2.14. The maximum Gasteiger partial charge on any atom is 0.186 e. The van der Waals surface area contributed by atoms with Gasteiger partial charge in [0.25, 0.3) is 0 Å². The molecule has 0 amide bonds. The molecule has 0 unspecified atom stereocenters. The zero-order valence-corrected chi connectivity index (χ0v) is 12.5. The molecule has 0 aromatic carbocycles. The van der Waals surface area contributed by atoms with Gasteiger partial charge in [0.1, 0.15) is 0 Å². The Hall–Kier alpha value is 0.0400. The standard InChI is InChI=1S/C13H22O2S2/c1-9(16-10(2)14)7-12-5-4-6-13(8-12)17-11(3)15/h9,12-13H,4-8H2,1-3H3/t9-,12-,13-/m0/s1. The molecule has 98 valence electrons. The molecule has 0 saturated heterocycles. The highest BCUT2D eigenvalue weighted by Gasteiger charge is 2.25. The van der Waals surface area contributed by atoms with Crippen LogP contribution in [-0.4, -0.2) is 20.7 Å². The molecular formula is C13H22O2S2. The highest BCUT2D eigenvalue weighted by Crippen LogP contribution is 2.36. The third kappa shape index (κ3) is 6.51. The van der Waals surface area contributed by atoms with Crippen LogP contribution in [0.15, 0.2) is 0 Å². The van der Waals surface area contributed by atoms with Crippen LogP contribution in [0.1, 0.15) is 52.9 Å². The Kier molecular flexibility index (Phi) is 6.63. The van der Waals surface area contributed by atoms with Crippen molar-refractivity contribution in [2.45, 2.75) is 63.4 Å². The van der Waals surface area contributed by atoms with E-state index in [0.717, 1.165) is 12.8 Å². The maximum atomic E-state index is 11.1.